The summed E-state index contributed by atoms with van der Waals surface area (Å²) in [6.07, 6.45) is 4.21. The van der Waals surface area contributed by atoms with E-state index in [1.165, 1.54) is 11.1 Å². The Hall–Kier alpha value is -4.32. The van der Waals surface area contributed by atoms with Crippen LogP contribution in [0.1, 0.15) is 50.7 Å². The molecule has 0 saturated carbocycles. The fourth-order valence-corrected chi connectivity index (χ4v) is 5.48. The molecule has 0 aliphatic carbocycles. The van der Waals surface area contributed by atoms with E-state index in [2.05, 4.69) is 146 Å². The van der Waals surface area contributed by atoms with Crippen LogP contribution in [0.4, 0.5) is 0 Å². The number of benzene rings is 3. The average molecular weight is 503 g/mol. The van der Waals surface area contributed by atoms with Crippen LogP contribution in [0.5, 0.6) is 0 Å². The van der Waals surface area contributed by atoms with Crippen molar-refractivity contribution < 1.29 is 9.13 Å². The first-order chi connectivity index (χ1) is 18.3. The van der Waals surface area contributed by atoms with E-state index in [4.69, 9.17) is 9.97 Å². The molecule has 0 fully saturated rings. The predicted octanol–water partition coefficient (Wildman–Crippen LogP) is 5.93. The lowest BCUT2D eigenvalue weighted by molar-refractivity contribution is -0.645. The van der Waals surface area contributed by atoms with Gasteiger partial charge < -0.3 is 0 Å². The Morgan fingerprint density at radius 1 is 0.605 bits per heavy atom. The van der Waals surface area contributed by atoms with Gasteiger partial charge in [0.15, 0.2) is 27.9 Å². The van der Waals surface area contributed by atoms with Crippen molar-refractivity contribution in [1.82, 2.24) is 19.1 Å². The van der Waals surface area contributed by atoms with E-state index >= 15 is 0 Å². The highest BCUT2D eigenvalue weighted by molar-refractivity contribution is 5.76. The lowest BCUT2D eigenvalue weighted by atomic mass is 9.88. The van der Waals surface area contributed by atoms with Gasteiger partial charge in [-0.2, -0.15) is 19.1 Å². The molecule has 38 heavy (non-hydrogen) atoms. The largest absolute Gasteiger partial charge is 0.251 e. The van der Waals surface area contributed by atoms with E-state index < -0.39 is 0 Å². The molecule has 3 heterocycles. The third-order valence-corrected chi connectivity index (χ3v) is 7.41. The summed E-state index contributed by atoms with van der Waals surface area (Å²) < 4.78 is 8.62. The third kappa shape index (κ3) is 3.88. The number of imidazole rings is 2. The second-order valence-corrected chi connectivity index (χ2v) is 10.7. The minimum absolute atomic E-state index is 0.342. The van der Waals surface area contributed by atoms with Gasteiger partial charge in [-0.3, -0.25) is 0 Å². The normalized spacial score (nSPS) is 11.9. The van der Waals surface area contributed by atoms with Gasteiger partial charge in [0, 0.05) is 5.56 Å². The molecule has 6 rings (SSSR count). The maximum Gasteiger partial charge on any atom is 0.251 e. The van der Waals surface area contributed by atoms with E-state index in [-0.39, 0.29) is 0 Å². The molecule has 0 aliphatic rings. The Kier molecular flexibility index (Phi) is 5.83. The second-order valence-electron chi connectivity index (χ2n) is 10.7. The van der Waals surface area contributed by atoms with Crippen molar-refractivity contribution in [2.75, 3.05) is 0 Å². The number of aryl methyl sites for hydroxylation is 2. The lowest BCUT2D eigenvalue weighted by Crippen LogP contribution is -2.25. The number of fused-ring (bicyclic) bond motifs is 2. The number of para-hydroxylation sites is 4. The maximum absolute atomic E-state index is 5.25. The van der Waals surface area contributed by atoms with Gasteiger partial charge >= 0.3 is 0 Å². The van der Waals surface area contributed by atoms with Gasteiger partial charge in [0.05, 0.1) is 20.2 Å². The van der Waals surface area contributed by atoms with Crippen molar-refractivity contribution in [2.24, 2.45) is 14.1 Å². The van der Waals surface area contributed by atoms with Crippen LogP contribution in [0.2, 0.25) is 0 Å². The minimum atomic E-state index is 0.342. The summed E-state index contributed by atoms with van der Waals surface area (Å²) in [4.78, 5) is 10.5. The molecule has 3 aromatic carbocycles. The summed E-state index contributed by atoms with van der Waals surface area (Å²) in [6, 6.07) is 25.6. The summed E-state index contributed by atoms with van der Waals surface area (Å²) in [6.45, 7) is 8.97. The Labute approximate surface area is 223 Å². The number of aromatic nitrogens is 6. The van der Waals surface area contributed by atoms with Gasteiger partial charge in [-0.15, -0.1) is 0 Å². The van der Waals surface area contributed by atoms with Gasteiger partial charge in [-0.05, 0) is 47.2 Å². The van der Waals surface area contributed by atoms with E-state index in [1.807, 2.05) is 0 Å². The average Bonchev–Trinajstić information content (AvgIpc) is 3.45. The fraction of sp³-hybridized carbons (Fsp3) is 0.250. The zero-order valence-corrected chi connectivity index (χ0v) is 22.9. The molecule has 0 radical (unpaired) electrons. The highest BCUT2D eigenvalue weighted by Crippen LogP contribution is 2.35. The van der Waals surface area contributed by atoms with E-state index in [0.717, 1.165) is 45.1 Å². The van der Waals surface area contributed by atoms with Crippen LogP contribution in [0, 0.1) is 0 Å². The third-order valence-electron chi connectivity index (χ3n) is 7.41. The van der Waals surface area contributed by atoms with Crippen molar-refractivity contribution in [2.45, 2.75) is 39.5 Å². The monoisotopic (exact) mass is 502 g/mol. The standard InChI is InChI=1S/C32H34N6/c1-21(2)23-12-11-13-24(22(3)4)31(23)32-33-29(37-19-35(5)25-14-7-9-16-27(25)37)18-30(34-32)38-20-36(6)26-15-8-10-17-28(26)38/h7-22H,1-6H3/q+2. The van der Waals surface area contributed by atoms with Crippen LogP contribution in [-0.4, -0.2) is 19.1 Å². The Morgan fingerprint density at radius 2 is 1.05 bits per heavy atom. The number of rotatable bonds is 5. The van der Waals surface area contributed by atoms with Crippen LogP contribution >= 0.6 is 0 Å². The molecule has 0 spiro atoms. The second kappa shape index (κ2) is 9.21. The van der Waals surface area contributed by atoms with Crippen molar-refractivity contribution in [3.8, 4) is 23.0 Å². The lowest BCUT2D eigenvalue weighted by Gasteiger charge is -2.19. The molecule has 190 valence electrons. The molecular weight excluding hydrogens is 468 g/mol. The SMILES string of the molecule is CC(C)c1cccc(C(C)C)c1-c1nc(-n2c[n+](C)c3ccccc32)cc(-n2c[n+](C)c3ccccc32)n1. The molecule has 0 amide bonds. The number of hydrogen-bond acceptors (Lipinski definition) is 2. The number of nitrogens with zero attached hydrogens (tertiary/aromatic N) is 6. The maximum atomic E-state index is 5.25. The zero-order chi connectivity index (χ0) is 26.6. The summed E-state index contributed by atoms with van der Waals surface area (Å²) >= 11 is 0. The fourth-order valence-electron chi connectivity index (χ4n) is 5.48. The molecule has 0 atom stereocenters. The Bertz CT molecular complexity index is 1680. The smallest absolute Gasteiger partial charge is 0.232 e. The van der Waals surface area contributed by atoms with Crippen molar-refractivity contribution in [3.05, 3.63) is 96.6 Å². The van der Waals surface area contributed by atoms with Crippen LogP contribution in [0.3, 0.4) is 0 Å². The van der Waals surface area contributed by atoms with Crippen molar-refractivity contribution in [1.29, 1.82) is 0 Å². The molecule has 0 bridgehead atoms. The summed E-state index contributed by atoms with van der Waals surface area (Å²) in [7, 11) is 4.15. The quantitative estimate of drug-likeness (QED) is 0.274. The van der Waals surface area contributed by atoms with Gasteiger partial charge in [0.25, 0.3) is 12.7 Å². The molecule has 6 aromatic rings. The summed E-state index contributed by atoms with van der Waals surface area (Å²) in [5, 5.41) is 0. The molecule has 0 unspecified atom stereocenters. The predicted molar refractivity (Wildman–Crippen MR) is 152 cm³/mol. The minimum Gasteiger partial charge on any atom is -0.232 e. The summed E-state index contributed by atoms with van der Waals surface area (Å²) in [5.74, 6) is 3.13. The van der Waals surface area contributed by atoms with Crippen molar-refractivity contribution in [3.63, 3.8) is 0 Å². The molecule has 6 heteroatoms. The molecule has 0 aliphatic heterocycles. The van der Waals surface area contributed by atoms with Gasteiger partial charge in [0.2, 0.25) is 11.6 Å². The molecular formula is C32H34N6+2. The van der Waals surface area contributed by atoms with Crippen LogP contribution < -0.4 is 9.13 Å². The van der Waals surface area contributed by atoms with Gasteiger partial charge in [-0.25, -0.2) is 9.13 Å². The molecule has 6 nitrogen and oxygen atoms in total. The highest BCUT2D eigenvalue weighted by Gasteiger charge is 2.25. The highest BCUT2D eigenvalue weighted by atomic mass is 15.2. The zero-order valence-electron chi connectivity index (χ0n) is 22.9. The van der Waals surface area contributed by atoms with E-state index in [9.17, 15) is 0 Å². The first-order valence-corrected chi connectivity index (χ1v) is 13.3. The number of hydrogen-bond donors (Lipinski definition) is 0. The molecule has 3 aromatic heterocycles. The van der Waals surface area contributed by atoms with Crippen LogP contribution in [0.15, 0.2) is 85.5 Å². The van der Waals surface area contributed by atoms with Crippen molar-refractivity contribution >= 4 is 22.1 Å². The molecule has 0 saturated heterocycles. The Morgan fingerprint density at radius 3 is 1.50 bits per heavy atom. The van der Waals surface area contributed by atoms with Crippen LogP contribution in [-0.2, 0) is 14.1 Å². The Balaban J connectivity index is 1.70. The first kappa shape index (κ1) is 24.0. The van der Waals surface area contributed by atoms with E-state index in [1.54, 1.807) is 0 Å². The summed E-state index contributed by atoms with van der Waals surface area (Å²) in [5.41, 5.74) is 8.19. The van der Waals surface area contributed by atoms with Gasteiger partial charge in [-0.1, -0.05) is 70.2 Å². The molecule has 0 N–H and O–H groups in total. The first-order valence-electron chi connectivity index (χ1n) is 13.3. The topological polar surface area (TPSA) is 43.4 Å². The van der Waals surface area contributed by atoms with Gasteiger partial charge in [0.1, 0.15) is 0 Å². The van der Waals surface area contributed by atoms with E-state index in [0.29, 0.717) is 11.8 Å². The van der Waals surface area contributed by atoms with Crippen LogP contribution in [0.25, 0.3) is 45.1 Å².